The highest BCUT2D eigenvalue weighted by Crippen LogP contribution is 2.29. The van der Waals surface area contributed by atoms with Crippen LogP contribution >= 0.6 is 0 Å². The minimum Gasteiger partial charge on any atom is -0.355 e. The molecule has 1 N–H and O–H groups in total. The Balaban J connectivity index is 1.71. The van der Waals surface area contributed by atoms with Gasteiger partial charge in [-0.3, -0.25) is 0 Å². The van der Waals surface area contributed by atoms with Gasteiger partial charge < -0.3 is 4.90 Å². The van der Waals surface area contributed by atoms with Crippen molar-refractivity contribution in [3.05, 3.63) is 18.1 Å². The maximum absolute atomic E-state index is 12.1. The third-order valence-corrected chi connectivity index (χ3v) is 6.36. The highest BCUT2D eigenvalue weighted by molar-refractivity contribution is 7.90. The molecular formula is C16H26N4O2S. The molecule has 0 spiro atoms. The van der Waals surface area contributed by atoms with E-state index < -0.39 is 10.0 Å². The Hall–Kier alpha value is -1.21. The lowest BCUT2D eigenvalue weighted by molar-refractivity contribution is 0.461. The molecule has 2 heterocycles. The molecule has 1 aliphatic heterocycles. The maximum Gasteiger partial charge on any atom is 0.214 e. The number of aromatic nitrogens is 2. The van der Waals surface area contributed by atoms with Crippen LogP contribution in [0, 0.1) is 0 Å². The summed E-state index contributed by atoms with van der Waals surface area (Å²) in [4.78, 5) is 11.2. The molecule has 0 amide bonds. The van der Waals surface area contributed by atoms with Gasteiger partial charge in [0.15, 0.2) is 0 Å². The second-order valence-corrected chi connectivity index (χ2v) is 9.63. The fraction of sp³-hybridized carbons (Fsp3) is 0.750. The Labute approximate surface area is 138 Å². The lowest BCUT2D eigenvalue weighted by Gasteiger charge is -2.34. The van der Waals surface area contributed by atoms with Crippen molar-refractivity contribution in [2.45, 2.75) is 63.2 Å². The number of sulfonamides is 1. The van der Waals surface area contributed by atoms with Crippen molar-refractivity contribution >= 4 is 15.8 Å². The van der Waals surface area contributed by atoms with Gasteiger partial charge in [-0.25, -0.2) is 23.1 Å². The summed E-state index contributed by atoms with van der Waals surface area (Å²) in [7, 11) is -3.13. The minimum absolute atomic E-state index is 0.0256. The average molecular weight is 338 g/mol. The van der Waals surface area contributed by atoms with E-state index in [2.05, 4.69) is 40.4 Å². The second kappa shape index (κ2) is 6.02. The molecule has 1 aromatic heterocycles. The van der Waals surface area contributed by atoms with Crippen molar-refractivity contribution in [2.24, 2.45) is 0 Å². The zero-order valence-electron chi connectivity index (χ0n) is 14.1. The normalized spacial score (nSPS) is 23.1. The number of hydrogen-bond donors (Lipinski definition) is 1. The minimum atomic E-state index is -3.13. The van der Waals surface area contributed by atoms with Crippen molar-refractivity contribution in [1.29, 1.82) is 0 Å². The summed E-state index contributed by atoms with van der Waals surface area (Å²) in [5.74, 6) is 1.70. The van der Waals surface area contributed by atoms with Gasteiger partial charge in [-0.15, -0.1) is 0 Å². The van der Waals surface area contributed by atoms with Gasteiger partial charge in [-0.2, -0.15) is 0 Å². The summed E-state index contributed by atoms with van der Waals surface area (Å²) in [5, 5.41) is -0.163. The van der Waals surface area contributed by atoms with Gasteiger partial charge in [-0.05, 0) is 31.7 Å². The van der Waals surface area contributed by atoms with Crippen LogP contribution in [0.1, 0.15) is 52.3 Å². The van der Waals surface area contributed by atoms with E-state index in [1.807, 2.05) is 6.07 Å². The molecule has 0 aromatic carbocycles. The molecule has 1 unspecified atom stereocenters. The summed E-state index contributed by atoms with van der Waals surface area (Å²) < 4.78 is 27.2. The first kappa shape index (κ1) is 16.6. The molecule has 6 nitrogen and oxygen atoms in total. The molecule has 128 valence electrons. The Morgan fingerprint density at radius 1 is 1.26 bits per heavy atom. The first-order valence-electron chi connectivity index (χ1n) is 8.35. The van der Waals surface area contributed by atoms with E-state index in [-0.39, 0.29) is 16.7 Å². The highest BCUT2D eigenvalue weighted by atomic mass is 32.2. The largest absolute Gasteiger partial charge is 0.355 e. The van der Waals surface area contributed by atoms with Crippen LogP contribution in [-0.2, 0) is 15.4 Å². The van der Waals surface area contributed by atoms with Gasteiger partial charge in [0.25, 0.3) is 0 Å². The van der Waals surface area contributed by atoms with Gasteiger partial charge in [0.1, 0.15) is 11.6 Å². The molecular weight excluding hydrogens is 312 g/mol. The second-order valence-electron chi connectivity index (χ2n) is 7.64. The first-order valence-corrected chi connectivity index (χ1v) is 9.90. The Kier molecular flexibility index (Phi) is 4.35. The van der Waals surface area contributed by atoms with Gasteiger partial charge >= 0.3 is 0 Å². The molecule has 1 aromatic rings. The van der Waals surface area contributed by atoms with Crippen molar-refractivity contribution in [1.82, 2.24) is 14.7 Å². The Bertz CT molecular complexity index is 665. The molecule has 1 saturated carbocycles. The summed E-state index contributed by atoms with van der Waals surface area (Å²) in [5.41, 5.74) is -0.0985. The molecule has 1 atom stereocenters. The Morgan fingerprint density at radius 2 is 2.00 bits per heavy atom. The van der Waals surface area contributed by atoms with Crippen molar-refractivity contribution < 1.29 is 8.42 Å². The van der Waals surface area contributed by atoms with Crippen molar-refractivity contribution in [3.63, 3.8) is 0 Å². The van der Waals surface area contributed by atoms with Crippen LogP contribution in [-0.4, -0.2) is 42.8 Å². The third-order valence-electron chi connectivity index (χ3n) is 4.35. The smallest absolute Gasteiger partial charge is 0.214 e. The number of anilines is 1. The van der Waals surface area contributed by atoms with E-state index in [0.717, 1.165) is 43.9 Å². The lowest BCUT2D eigenvalue weighted by Crippen LogP contribution is -2.48. The highest BCUT2D eigenvalue weighted by Gasteiger charge is 2.37. The summed E-state index contributed by atoms with van der Waals surface area (Å²) in [6.07, 6.45) is 5.24. The molecule has 7 heteroatoms. The SMILES string of the molecule is CC(C)(C)c1nccc(N2CCCC(NS(=O)(=O)C3CC3)C2)n1. The van der Waals surface area contributed by atoms with Gasteiger partial charge in [-0.1, -0.05) is 20.8 Å². The van der Waals surface area contributed by atoms with Crippen LogP contribution in [0.4, 0.5) is 5.82 Å². The van der Waals surface area contributed by atoms with Crippen LogP contribution in [0.3, 0.4) is 0 Å². The predicted octanol–water partition coefficient (Wildman–Crippen LogP) is 1.82. The summed E-state index contributed by atoms with van der Waals surface area (Å²) in [6, 6.07) is 1.88. The van der Waals surface area contributed by atoms with E-state index in [0.29, 0.717) is 6.54 Å². The average Bonchev–Trinajstić information content (AvgIpc) is 3.31. The number of hydrogen-bond acceptors (Lipinski definition) is 5. The first-order chi connectivity index (χ1) is 10.8. The topological polar surface area (TPSA) is 75.2 Å². The molecule has 1 aliphatic carbocycles. The zero-order valence-corrected chi connectivity index (χ0v) is 14.9. The number of rotatable bonds is 4. The van der Waals surface area contributed by atoms with Crippen LogP contribution < -0.4 is 9.62 Å². The molecule has 1 saturated heterocycles. The van der Waals surface area contributed by atoms with Gasteiger partial charge in [0, 0.05) is 30.7 Å². The zero-order chi connectivity index (χ0) is 16.7. The maximum atomic E-state index is 12.1. The van der Waals surface area contributed by atoms with Crippen LogP contribution in [0.25, 0.3) is 0 Å². The van der Waals surface area contributed by atoms with E-state index in [9.17, 15) is 8.42 Å². The lowest BCUT2D eigenvalue weighted by atomic mass is 9.96. The molecule has 0 radical (unpaired) electrons. The van der Waals surface area contributed by atoms with E-state index >= 15 is 0 Å². The van der Waals surface area contributed by atoms with Crippen molar-refractivity contribution in [2.75, 3.05) is 18.0 Å². The number of nitrogens with one attached hydrogen (secondary N) is 1. The monoisotopic (exact) mass is 338 g/mol. The summed E-state index contributed by atoms with van der Waals surface area (Å²) >= 11 is 0. The van der Waals surface area contributed by atoms with Gasteiger partial charge in [0.05, 0.1) is 5.25 Å². The predicted molar refractivity (Wildman–Crippen MR) is 91.0 cm³/mol. The fourth-order valence-electron chi connectivity index (χ4n) is 2.87. The fourth-order valence-corrected chi connectivity index (χ4v) is 4.48. The summed E-state index contributed by atoms with van der Waals surface area (Å²) in [6.45, 7) is 7.85. The number of nitrogens with zero attached hydrogens (tertiary/aromatic N) is 3. The third kappa shape index (κ3) is 4.01. The standard InChI is InChI=1S/C16H26N4O2S/c1-16(2,3)15-17-9-8-14(18-15)20-10-4-5-12(11-20)19-23(21,22)13-6-7-13/h8-9,12-13,19H,4-7,10-11H2,1-3H3. The van der Waals surface area contributed by atoms with E-state index in [1.54, 1.807) is 6.20 Å². The van der Waals surface area contributed by atoms with Crippen LogP contribution in [0.5, 0.6) is 0 Å². The molecule has 2 fully saturated rings. The van der Waals surface area contributed by atoms with E-state index in [1.165, 1.54) is 0 Å². The molecule has 3 rings (SSSR count). The van der Waals surface area contributed by atoms with Crippen LogP contribution in [0.15, 0.2) is 12.3 Å². The number of piperidine rings is 1. The Morgan fingerprint density at radius 3 is 2.65 bits per heavy atom. The quantitative estimate of drug-likeness (QED) is 0.906. The molecule has 23 heavy (non-hydrogen) atoms. The van der Waals surface area contributed by atoms with E-state index in [4.69, 9.17) is 0 Å². The van der Waals surface area contributed by atoms with Gasteiger partial charge in [0.2, 0.25) is 10.0 Å². The molecule has 0 bridgehead atoms. The van der Waals surface area contributed by atoms with Crippen molar-refractivity contribution in [3.8, 4) is 0 Å². The van der Waals surface area contributed by atoms with Crippen LogP contribution in [0.2, 0.25) is 0 Å². The molecule has 2 aliphatic rings.